The number of rotatable bonds is 0. The first-order valence-electron chi connectivity index (χ1n) is 9.26. The Hall–Kier alpha value is -2.17. The monoisotopic (exact) mass is 471 g/mol. The zero-order chi connectivity index (χ0) is 17.4. The van der Waals surface area contributed by atoms with Crippen LogP contribution < -0.4 is 21.2 Å². The van der Waals surface area contributed by atoms with Crippen LogP contribution in [0.5, 0.6) is 0 Å². The molecule has 1 aromatic heterocycles. The summed E-state index contributed by atoms with van der Waals surface area (Å²) < 4.78 is 6.13. The summed E-state index contributed by atoms with van der Waals surface area (Å²) >= 11 is 1.87. The van der Waals surface area contributed by atoms with Gasteiger partial charge in [-0.05, 0) is 0 Å². The van der Waals surface area contributed by atoms with Crippen molar-refractivity contribution in [3.63, 3.8) is 0 Å². The van der Waals surface area contributed by atoms with Crippen LogP contribution in [0.2, 0.25) is 0 Å². The number of hydrogen-bond acceptors (Lipinski definition) is 1. The quantitative estimate of drug-likeness (QED) is 0.229. The van der Waals surface area contributed by atoms with E-state index in [-0.39, 0.29) is 21.2 Å². The molecule has 6 aromatic rings. The molecule has 0 nitrogen and oxygen atoms in total. The number of benzene rings is 5. The molecule has 0 saturated carbocycles. The summed E-state index contributed by atoms with van der Waals surface area (Å²) in [6, 6.07) is 21.3. The molecule has 0 spiro atoms. The first-order chi connectivity index (χ1) is 13.3. The van der Waals surface area contributed by atoms with Gasteiger partial charge in [0.2, 0.25) is 0 Å². The second-order valence-corrected chi connectivity index (χ2v) is 11.7. The Morgan fingerprint density at radius 3 is 2.19 bits per heavy atom. The van der Waals surface area contributed by atoms with E-state index in [9.17, 15) is 0 Å². The van der Waals surface area contributed by atoms with E-state index in [2.05, 4.69) is 61.5 Å². The van der Waals surface area contributed by atoms with E-state index in [4.69, 9.17) is 0 Å². The molecule has 0 amide bonds. The Kier molecular flexibility index (Phi) is 2.21. The third-order valence-corrected chi connectivity index (χ3v) is 10.5. The second kappa shape index (κ2) is 4.29. The third-order valence-electron chi connectivity index (χ3n) is 6.43. The van der Waals surface area contributed by atoms with E-state index in [1.54, 1.807) is 18.3 Å². The van der Waals surface area contributed by atoms with Crippen LogP contribution in [-0.4, -0.2) is 0 Å². The Balaban J connectivity index is 1.94. The van der Waals surface area contributed by atoms with E-state index in [0.29, 0.717) is 0 Å². The molecule has 126 valence electrons. The van der Waals surface area contributed by atoms with Gasteiger partial charge in [-0.25, -0.2) is 0 Å². The van der Waals surface area contributed by atoms with Crippen molar-refractivity contribution < 1.29 is 21.2 Å². The first-order valence-corrected chi connectivity index (χ1v) is 12.2. The molecular weight excluding hydrogens is 459 g/mol. The van der Waals surface area contributed by atoms with Crippen LogP contribution in [0.4, 0.5) is 0 Å². The Labute approximate surface area is 169 Å². The predicted molar refractivity (Wildman–Crippen MR) is 113 cm³/mol. The summed E-state index contributed by atoms with van der Waals surface area (Å²) in [5.41, 5.74) is 4.57. The van der Waals surface area contributed by atoms with Crippen molar-refractivity contribution in [2.24, 2.45) is 0 Å². The molecule has 5 aromatic carbocycles. The van der Waals surface area contributed by atoms with Gasteiger partial charge in [-0.2, -0.15) is 0 Å². The van der Waals surface area contributed by atoms with Crippen molar-refractivity contribution in [1.29, 1.82) is 0 Å². The van der Waals surface area contributed by atoms with Crippen LogP contribution in [0.1, 0.15) is 5.56 Å². The molecule has 27 heavy (non-hydrogen) atoms. The van der Waals surface area contributed by atoms with Gasteiger partial charge in [0.25, 0.3) is 0 Å². The number of aryl methyl sites for hydroxylation is 1. The average molecular weight is 471 g/mol. The fraction of sp³-hybridized carbons (Fsp3) is 0.0400. The third kappa shape index (κ3) is 1.41. The van der Waals surface area contributed by atoms with E-state index in [1.807, 2.05) is 11.3 Å². The van der Waals surface area contributed by atoms with Crippen LogP contribution in [0.3, 0.4) is 0 Å². The normalized spacial score (nSPS) is 14.3. The molecule has 0 bridgehead atoms. The summed E-state index contributed by atoms with van der Waals surface area (Å²) in [6.07, 6.45) is 0. The second-order valence-electron chi connectivity index (χ2n) is 7.73. The Morgan fingerprint density at radius 2 is 1.30 bits per heavy atom. The molecule has 0 radical (unpaired) electrons. The maximum atomic E-state index is 2.49. The van der Waals surface area contributed by atoms with Crippen molar-refractivity contribution in [2.75, 3.05) is 0 Å². The molecule has 0 atom stereocenters. The van der Waals surface area contributed by atoms with Crippen molar-refractivity contribution in [2.45, 2.75) is 6.92 Å². The minimum absolute atomic E-state index is 0.0917. The van der Waals surface area contributed by atoms with Crippen LogP contribution >= 0.6 is 11.3 Å². The van der Waals surface area contributed by atoms with E-state index < -0.39 is 0 Å². The van der Waals surface area contributed by atoms with Crippen LogP contribution in [0.25, 0.3) is 63.6 Å². The molecule has 2 heterocycles. The molecular formula is C25H12IS-. The molecule has 0 N–H and O–H groups in total. The SMILES string of the molecule is Cc1cc2c3c4c1ccc1ccc5ccc6sc7ccc(c-3c7c6c5c14)[I-]2. The van der Waals surface area contributed by atoms with Gasteiger partial charge < -0.3 is 0 Å². The number of hydrogen-bond donors (Lipinski definition) is 0. The number of halogens is 1. The molecule has 0 saturated heterocycles. The zero-order valence-corrected chi connectivity index (χ0v) is 17.5. The standard InChI is InChI=1S/C25H12IS/c1-11-10-16-23-21-14(11)6-4-12-2-3-13-5-8-17-24(20(13)19(12)21)25-18(27-17)9-7-15(26-16)22(23)25/h2-10H,1H3/q-1. The van der Waals surface area contributed by atoms with Gasteiger partial charge in [-0.15, -0.1) is 0 Å². The number of thiophene rings is 1. The van der Waals surface area contributed by atoms with Crippen molar-refractivity contribution in [1.82, 2.24) is 0 Å². The molecule has 2 heteroatoms. The molecule has 2 aliphatic rings. The van der Waals surface area contributed by atoms with Crippen LogP contribution in [0.15, 0.2) is 54.6 Å². The fourth-order valence-electron chi connectivity index (χ4n) is 5.36. The maximum absolute atomic E-state index is 2.49. The first kappa shape index (κ1) is 13.9. The topological polar surface area (TPSA) is 0 Å². The van der Waals surface area contributed by atoms with Crippen LogP contribution in [0, 0.1) is 14.1 Å². The zero-order valence-electron chi connectivity index (χ0n) is 14.5. The molecule has 0 fully saturated rings. The Bertz CT molecular complexity index is 1700. The summed E-state index contributed by atoms with van der Waals surface area (Å²) in [6.45, 7) is 2.30. The summed E-state index contributed by atoms with van der Waals surface area (Å²) in [5, 5.41) is 11.7. The predicted octanol–water partition coefficient (Wildman–Crippen LogP) is 4.24. The van der Waals surface area contributed by atoms with Gasteiger partial charge in [0.1, 0.15) is 0 Å². The van der Waals surface area contributed by atoms with Crippen molar-refractivity contribution >= 4 is 63.8 Å². The Morgan fingerprint density at radius 1 is 0.630 bits per heavy atom. The molecule has 0 unspecified atom stereocenters. The van der Waals surface area contributed by atoms with E-state index in [1.165, 1.54) is 58.1 Å². The van der Waals surface area contributed by atoms with Gasteiger partial charge in [-0.1, -0.05) is 0 Å². The average Bonchev–Trinajstić information content (AvgIpc) is 3.19. The van der Waals surface area contributed by atoms with Crippen molar-refractivity contribution in [3.05, 3.63) is 67.3 Å². The molecule has 1 aliphatic heterocycles. The van der Waals surface area contributed by atoms with E-state index in [0.717, 1.165) is 0 Å². The fourth-order valence-corrected chi connectivity index (χ4v) is 9.71. The van der Waals surface area contributed by atoms with Crippen molar-refractivity contribution in [3.8, 4) is 11.1 Å². The summed E-state index contributed by atoms with van der Waals surface area (Å²) in [4.78, 5) is 0. The minimum atomic E-state index is -0.0917. The van der Waals surface area contributed by atoms with Gasteiger partial charge in [0.05, 0.1) is 0 Å². The van der Waals surface area contributed by atoms with Gasteiger partial charge >= 0.3 is 170 Å². The molecule has 1 aliphatic carbocycles. The van der Waals surface area contributed by atoms with Crippen LogP contribution in [-0.2, 0) is 0 Å². The summed E-state index contributed by atoms with van der Waals surface area (Å²) in [7, 11) is 0. The van der Waals surface area contributed by atoms with Gasteiger partial charge in [0.15, 0.2) is 0 Å². The summed E-state index contributed by atoms with van der Waals surface area (Å²) in [5.74, 6) is 0. The van der Waals surface area contributed by atoms with E-state index >= 15 is 0 Å². The van der Waals surface area contributed by atoms with Gasteiger partial charge in [0, 0.05) is 0 Å². The molecule has 8 rings (SSSR count). The van der Waals surface area contributed by atoms with Gasteiger partial charge in [-0.3, -0.25) is 0 Å².